The monoisotopic (exact) mass is 329 g/mol. The number of ether oxygens (including phenoxy) is 2. The zero-order valence-electron chi connectivity index (χ0n) is 14.3. The van der Waals surface area contributed by atoms with Crippen molar-refractivity contribution in [1.82, 2.24) is 15.5 Å². The minimum atomic E-state index is -0.742. The summed E-state index contributed by atoms with van der Waals surface area (Å²) in [5, 5.41) is 5.24. The fourth-order valence-corrected chi connectivity index (χ4v) is 2.09. The first kappa shape index (κ1) is 19.2. The van der Waals surface area contributed by atoms with Crippen LogP contribution in [0.25, 0.3) is 0 Å². The summed E-state index contributed by atoms with van der Waals surface area (Å²) in [6.07, 6.45) is 1.36. The predicted molar refractivity (Wildman–Crippen MR) is 83.9 cm³/mol. The topological polar surface area (TPSA) is 97.0 Å². The number of likely N-dealkylation sites (tertiary alicyclic amines) is 1. The minimum absolute atomic E-state index is 0.0160. The third kappa shape index (κ3) is 7.32. The summed E-state index contributed by atoms with van der Waals surface area (Å²) in [6.45, 7) is 6.42. The van der Waals surface area contributed by atoms with E-state index in [0.717, 1.165) is 12.8 Å². The lowest BCUT2D eigenvalue weighted by molar-refractivity contribution is -0.153. The van der Waals surface area contributed by atoms with E-state index in [1.165, 1.54) is 0 Å². The number of nitrogens with zero attached hydrogens (tertiary/aromatic N) is 1. The van der Waals surface area contributed by atoms with E-state index in [0.29, 0.717) is 13.1 Å². The molecule has 0 saturated carbocycles. The van der Waals surface area contributed by atoms with E-state index in [-0.39, 0.29) is 19.1 Å². The van der Waals surface area contributed by atoms with Gasteiger partial charge in [0.2, 0.25) is 0 Å². The van der Waals surface area contributed by atoms with Gasteiger partial charge in [-0.05, 0) is 40.7 Å². The molecule has 0 radical (unpaired) electrons. The van der Waals surface area contributed by atoms with Crippen molar-refractivity contribution in [1.29, 1.82) is 0 Å². The van der Waals surface area contributed by atoms with Gasteiger partial charge in [-0.15, -0.1) is 0 Å². The summed E-state index contributed by atoms with van der Waals surface area (Å²) >= 11 is 0. The highest BCUT2D eigenvalue weighted by atomic mass is 16.6. The number of carbonyl (C=O) groups excluding carboxylic acids is 3. The first-order chi connectivity index (χ1) is 10.7. The number of amides is 2. The maximum Gasteiger partial charge on any atom is 0.407 e. The quantitative estimate of drug-likeness (QED) is 0.679. The van der Waals surface area contributed by atoms with Crippen LogP contribution in [0.4, 0.5) is 4.79 Å². The Labute approximate surface area is 136 Å². The van der Waals surface area contributed by atoms with Crippen LogP contribution in [0.3, 0.4) is 0 Å². The van der Waals surface area contributed by atoms with Gasteiger partial charge in [-0.25, -0.2) is 4.79 Å². The average molecular weight is 329 g/mol. The Hall–Kier alpha value is -1.83. The second-order valence-corrected chi connectivity index (χ2v) is 6.42. The lowest BCUT2D eigenvalue weighted by atomic mass is 10.2. The highest BCUT2D eigenvalue weighted by molar-refractivity contribution is 5.83. The van der Waals surface area contributed by atoms with Crippen LogP contribution in [0, 0.1) is 0 Å². The van der Waals surface area contributed by atoms with Crippen LogP contribution < -0.4 is 10.6 Å². The van der Waals surface area contributed by atoms with Gasteiger partial charge in [0.1, 0.15) is 11.6 Å². The molecule has 1 aliphatic rings. The second-order valence-electron chi connectivity index (χ2n) is 6.42. The molecule has 1 saturated heterocycles. The molecule has 1 heterocycles. The van der Waals surface area contributed by atoms with Crippen LogP contribution in [-0.4, -0.2) is 67.8 Å². The Kier molecular flexibility index (Phi) is 7.28. The molecule has 0 bridgehead atoms. The van der Waals surface area contributed by atoms with E-state index >= 15 is 0 Å². The summed E-state index contributed by atoms with van der Waals surface area (Å²) in [6, 6.07) is -0.742. The molecular weight excluding hydrogens is 302 g/mol. The van der Waals surface area contributed by atoms with Crippen molar-refractivity contribution in [3.63, 3.8) is 0 Å². The molecule has 0 aromatic rings. The minimum Gasteiger partial charge on any atom is -0.454 e. The van der Waals surface area contributed by atoms with Gasteiger partial charge < -0.3 is 25.0 Å². The Bertz CT molecular complexity index is 427. The van der Waals surface area contributed by atoms with Gasteiger partial charge in [-0.3, -0.25) is 9.59 Å². The van der Waals surface area contributed by atoms with E-state index in [9.17, 15) is 14.4 Å². The lowest BCUT2D eigenvalue weighted by Crippen LogP contribution is -2.47. The normalized spacial score (nSPS) is 15.9. The first-order valence-electron chi connectivity index (χ1n) is 7.81. The van der Waals surface area contributed by atoms with Crippen LogP contribution in [0.2, 0.25) is 0 Å². The molecule has 8 heteroatoms. The summed E-state index contributed by atoms with van der Waals surface area (Å²) in [4.78, 5) is 37.0. The van der Waals surface area contributed by atoms with Gasteiger partial charge in [0.15, 0.2) is 6.61 Å². The molecule has 0 aliphatic carbocycles. The average Bonchev–Trinajstić information content (AvgIpc) is 2.97. The summed E-state index contributed by atoms with van der Waals surface area (Å²) < 4.78 is 10.1. The lowest BCUT2D eigenvalue weighted by Gasteiger charge is -2.21. The standard InChI is InChI=1S/C15H27N3O5/c1-15(2,3)23-14(21)17-9-11(16-4)13(20)22-10-12(19)18-7-5-6-8-18/h11,16H,5-10H2,1-4H3,(H,17,21)/t11-/m1/s1. The van der Waals surface area contributed by atoms with Gasteiger partial charge in [0, 0.05) is 19.6 Å². The van der Waals surface area contributed by atoms with Crippen LogP contribution in [0.5, 0.6) is 0 Å². The van der Waals surface area contributed by atoms with Crippen molar-refractivity contribution >= 4 is 18.0 Å². The highest BCUT2D eigenvalue weighted by Crippen LogP contribution is 2.08. The van der Waals surface area contributed by atoms with Crippen molar-refractivity contribution in [3.05, 3.63) is 0 Å². The summed E-state index contributed by atoms with van der Waals surface area (Å²) in [5.74, 6) is -0.776. The van der Waals surface area contributed by atoms with E-state index in [1.54, 1.807) is 32.7 Å². The smallest absolute Gasteiger partial charge is 0.407 e. The molecule has 0 aromatic carbocycles. The van der Waals surface area contributed by atoms with Crippen molar-refractivity contribution in [2.75, 3.05) is 33.3 Å². The third-order valence-electron chi connectivity index (χ3n) is 3.28. The molecular formula is C15H27N3O5. The zero-order valence-corrected chi connectivity index (χ0v) is 14.3. The number of likely N-dealkylation sites (N-methyl/N-ethyl adjacent to an activating group) is 1. The fourth-order valence-electron chi connectivity index (χ4n) is 2.09. The van der Waals surface area contributed by atoms with E-state index in [2.05, 4.69) is 10.6 Å². The van der Waals surface area contributed by atoms with E-state index in [1.807, 2.05) is 0 Å². The Morgan fingerprint density at radius 2 is 1.78 bits per heavy atom. The van der Waals surface area contributed by atoms with Crippen molar-refractivity contribution in [2.45, 2.75) is 45.3 Å². The van der Waals surface area contributed by atoms with Crippen molar-refractivity contribution < 1.29 is 23.9 Å². The number of nitrogens with one attached hydrogen (secondary N) is 2. The van der Waals surface area contributed by atoms with Gasteiger partial charge in [0.05, 0.1) is 0 Å². The molecule has 1 atom stereocenters. The molecule has 0 aromatic heterocycles. The van der Waals surface area contributed by atoms with Crippen molar-refractivity contribution in [2.24, 2.45) is 0 Å². The number of hydrogen-bond donors (Lipinski definition) is 2. The number of esters is 1. The van der Waals surface area contributed by atoms with Crippen molar-refractivity contribution in [3.8, 4) is 0 Å². The molecule has 1 aliphatic heterocycles. The maximum atomic E-state index is 11.9. The van der Waals surface area contributed by atoms with Gasteiger partial charge in [-0.2, -0.15) is 0 Å². The van der Waals surface area contributed by atoms with Crippen LogP contribution in [0.1, 0.15) is 33.6 Å². The number of alkyl carbamates (subject to hydrolysis) is 1. The largest absolute Gasteiger partial charge is 0.454 e. The van der Waals surface area contributed by atoms with Gasteiger partial charge in [0.25, 0.3) is 5.91 Å². The molecule has 132 valence electrons. The van der Waals surface area contributed by atoms with Crippen LogP contribution >= 0.6 is 0 Å². The van der Waals surface area contributed by atoms with Gasteiger partial charge >= 0.3 is 12.1 Å². The molecule has 0 unspecified atom stereocenters. The Morgan fingerprint density at radius 3 is 2.30 bits per heavy atom. The summed E-state index contributed by atoms with van der Waals surface area (Å²) in [5.41, 5.74) is -0.609. The fraction of sp³-hybridized carbons (Fsp3) is 0.800. The SMILES string of the molecule is CN[C@H](CNC(=O)OC(C)(C)C)C(=O)OCC(=O)N1CCCC1. The molecule has 1 fully saturated rings. The van der Waals surface area contributed by atoms with Crippen LogP contribution in [-0.2, 0) is 19.1 Å². The third-order valence-corrected chi connectivity index (χ3v) is 3.28. The first-order valence-corrected chi connectivity index (χ1v) is 7.81. The molecule has 8 nitrogen and oxygen atoms in total. The zero-order chi connectivity index (χ0) is 17.5. The maximum absolute atomic E-state index is 11.9. The van der Waals surface area contributed by atoms with E-state index < -0.39 is 23.7 Å². The molecule has 2 N–H and O–H groups in total. The number of rotatable bonds is 6. The second kappa shape index (κ2) is 8.71. The van der Waals surface area contributed by atoms with E-state index in [4.69, 9.17) is 9.47 Å². The highest BCUT2D eigenvalue weighted by Gasteiger charge is 2.24. The number of carbonyl (C=O) groups is 3. The predicted octanol–water partition coefficient (Wildman–Crippen LogP) is 0.265. The molecule has 0 spiro atoms. The summed E-state index contributed by atoms with van der Waals surface area (Å²) in [7, 11) is 1.57. The van der Waals surface area contributed by atoms with Crippen LogP contribution in [0.15, 0.2) is 0 Å². The Balaban J connectivity index is 2.33. The molecule has 1 rings (SSSR count). The number of hydrogen-bond acceptors (Lipinski definition) is 6. The van der Waals surface area contributed by atoms with Gasteiger partial charge in [-0.1, -0.05) is 0 Å². The Morgan fingerprint density at radius 1 is 1.17 bits per heavy atom. The molecule has 2 amide bonds. The molecule has 23 heavy (non-hydrogen) atoms.